The summed E-state index contributed by atoms with van der Waals surface area (Å²) in [7, 11) is 0. The summed E-state index contributed by atoms with van der Waals surface area (Å²) in [4.78, 5) is 0. The van der Waals surface area contributed by atoms with Crippen LogP contribution in [0.3, 0.4) is 0 Å². The van der Waals surface area contributed by atoms with Crippen molar-refractivity contribution in [1.82, 2.24) is 5.32 Å². The van der Waals surface area contributed by atoms with Gasteiger partial charge in [0.15, 0.2) is 0 Å². The molecule has 0 heterocycles. The van der Waals surface area contributed by atoms with Crippen LogP contribution >= 0.6 is 0 Å². The van der Waals surface area contributed by atoms with Crippen LogP contribution in [0, 0.1) is 11.6 Å². The molecule has 15 heavy (non-hydrogen) atoms. The van der Waals surface area contributed by atoms with Gasteiger partial charge < -0.3 is 5.32 Å². The molecule has 0 spiro atoms. The number of benzene rings is 1. The second-order valence-corrected chi connectivity index (χ2v) is 4.16. The van der Waals surface area contributed by atoms with Gasteiger partial charge in [0, 0.05) is 12.1 Å². The van der Waals surface area contributed by atoms with Crippen LogP contribution in [0.5, 0.6) is 0 Å². The van der Waals surface area contributed by atoms with Crippen molar-refractivity contribution >= 4 is 0 Å². The topological polar surface area (TPSA) is 12.0 Å². The third-order valence-electron chi connectivity index (χ3n) is 2.15. The minimum Gasteiger partial charge on any atom is -0.312 e. The highest BCUT2D eigenvalue weighted by molar-refractivity contribution is 5.19. The summed E-state index contributed by atoms with van der Waals surface area (Å²) in [5, 5.41) is 3.25. The van der Waals surface area contributed by atoms with E-state index in [1.165, 1.54) is 12.1 Å². The van der Waals surface area contributed by atoms with E-state index < -0.39 is 0 Å². The lowest BCUT2D eigenvalue weighted by Crippen LogP contribution is -2.34. The minimum atomic E-state index is -0.386. The van der Waals surface area contributed by atoms with Crippen molar-refractivity contribution < 1.29 is 8.78 Å². The molecule has 0 saturated heterocycles. The van der Waals surface area contributed by atoms with Gasteiger partial charge in [-0.2, -0.15) is 0 Å². The highest BCUT2D eigenvalue weighted by Crippen LogP contribution is 2.12. The molecule has 0 aliphatic heterocycles. The Balaban J connectivity index is 2.67. The van der Waals surface area contributed by atoms with Gasteiger partial charge in [-0.15, -0.1) is 0 Å². The minimum absolute atomic E-state index is 0.140. The maximum atomic E-state index is 13.3. The summed E-state index contributed by atoms with van der Waals surface area (Å²) in [5.41, 5.74) is 0.427. The average Bonchev–Trinajstić information content (AvgIpc) is 2.10. The molecule has 1 aromatic carbocycles. The van der Waals surface area contributed by atoms with E-state index in [-0.39, 0.29) is 17.7 Å². The smallest absolute Gasteiger partial charge is 0.126 e. The van der Waals surface area contributed by atoms with Crippen molar-refractivity contribution in [1.29, 1.82) is 0 Å². The van der Waals surface area contributed by atoms with Crippen molar-refractivity contribution in [2.75, 3.05) is 0 Å². The molecule has 0 radical (unpaired) electrons. The van der Waals surface area contributed by atoms with Crippen LogP contribution in [0.1, 0.15) is 26.3 Å². The zero-order chi connectivity index (χ0) is 11.4. The Morgan fingerprint density at radius 2 is 1.87 bits per heavy atom. The van der Waals surface area contributed by atoms with Crippen molar-refractivity contribution in [3.05, 3.63) is 35.4 Å². The third-order valence-corrected chi connectivity index (χ3v) is 2.15. The average molecular weight is 213 g/mol. The maximum Gasteiger partial charge on any atom is 0.126 e. The number of hydrogen-bond donors (Lipinski definition) is 1. The monoisotopic (exact) mass is 213 g/mol. The fourth-order valence-electron chi connectivity index (χ4n) is 1.66. The van der Waals surface area contributed by atoms with Gasteiger partial charge in [-0.1, -0.05) is 13.8 Å². The quantitative estimate of drug-likeness (QED) is 0.811. The van der Waals surface area contributed by atoms with Crippen molar-refractivity contribution in [2.45, 2.75) is 39.3 Å². The summed E-state index contributed by atoms with van der Waals surface area (Å²) < 4.78 is 26.1. The zero-order valence-corrected chi connectivity index (χ0v) is 9.35. The molecule has 0 aliphatic carbocycles. The standard InChI is InChI=1S/C12H17F2N/c1-8(2)15-9(3)6-10-7-11(13)4-5-12(10)14/h4-5,7-9,15H,6H2,1-3H3. The van der Waals surface area contributed by atoms with Crippen LogP contribution < -0.4 is 5.32 Å². The number of nitrogens with one attached hydrogen (secondary N) is 1. The van der Waals surface area contributed by atoms with Crippen LogP contribution in [0.2, 0.25) is 0 Å². The second-order valence-electron chi connectivity index (χ2n) is 4.16. The predicted octanol–water partition coefficient (Wildman–Crippen LogP) is 2.89. The molecule has 1 nitrogen and oxygen atoms in total. The molecule has 1 unspecified atom stereocenters. The van der Waals surface area contributed by atoms with E-state index in [1.807, 2.05) is 20.8 Å². The molecule has 1 N–H and O–H groups in total. The largest absolute Gasteiger partial charge is 0.312 e. The van der Waals surface area contributed by atoms with Gasteiger partial charge in [0.25, 0.3) is 0 Å². The summed E-state index contributed by atoms with van der Waals surface area (Å²) in [6.45, 7) is 6.02. The lowest BCUT2D eigenvalue weighted by Gasteiger charge is -2.17. The van der Waals surface area contributed by atoms with Crippen molar-refractivity contribution in [2.24, 2.45) is 0 Å². The molecule has 0 amide bonds. The first-order chi connectivity index (χ1) is 6.99. The Morgan fingerprint density at radius 1 is 1.20 bits per heavy atom. The van der Waals surface area contributed by atoms with Gasteiger partial charge >= 0.3 is 0 Å². The summed E-state index contributed by atoms with van der Waals surface area (Å²) in [6, 6.07) is 4.05. The highest BCUT2D eigenvalue weighted by Gasteiger charge is 2.09. The molecular weight excluding hydrogens is 196 g/mol. The van der Waals surface area contributed by atoms with Crippen LogP contribution in [-0.4, -0.2) is 12.1 Å². The van der Waals surface area contributed by atoms with Crippen LogP contribution in [-0.2, 0) is 6.42 Å². The molecule has 1 aromatic rings. The van der Waals surface area contributed by atoms with Crippen LogP contribution in [0.15, 0.2) is 18.2 Å². The number of halogens is 2. The highest BCUT2D eigenvalue weighted by atomic mass is 19.1. The zero-order valence-electron chi connectivity index (χ0n) is 9.35. The summed E-state index contributed by atoms with van der Waals surface area (Å²) >= 11 is 0. The normalized spacial score (nSPS) is 13.2. The first-order valence-electron chi connectivity index (χ1n) is 5.19. The van der Waals surface area contributed by atoms with E-state index in [1.54, 1.807) is 0 Å². The molecule has 0 fully saturated rings. The summed E-state index contributed by atoms with van der Waals surface area (Å²) in [5.74, 6) is -0.725. The fourth-order valence-corrected chi connectivity index (χ4v) is 1.66. The Kier molecular flexibility index (Phi) is 4.21. The maximum absolute atomic E-state index is 13.3. The lowest BCUT2D eigenvalue weighted by molar-refractivity contribution is 0.476. The molecule has 0 saturated carbocycles. The first kappa shape index (κ1) is 12.1. The van der Waals surface area contributed by atoms with Gasteiger partial charge in [0.1, 0.15) is 11.6 Å². The molecular formula is C12H17F2N. The van der Waals surface area contributed by atoms with Gasteiger partial charge in [-0.05, 0) is 37.1 Å². The van der Waals surface area contributed by atoms with Crippen LogP contribution in [0.4, 0.5) is 8.78 Å². The molecule has 3 heteroatoms. The molecule has 0 aliphatic rings. The van der Waals surface area contributed by atoms with E-state index in [0.717, 1.165) is 6.07 Å². The Bertz CT molecular complexity index is 323. The Hall–Kier alpha value is -0.960. The van der Waals surface area contributed by atoms with E-state index in [0.29, 0.717) is 18.0 Å². The van der Waals surface area contributed by atoms with Crippen LogP contribution in [0.25, 0.3) is 0 Å². The van der Waals surface area contributed by atoms with Gasteiger partial charge in [-0.3, -0.25) is 0 Å². The van der Waals surface area contributed by atoms with Crippen molar-refractivity contribution in [3.63, 3.8) is 0 Å². The molecule has 0 bridgehead atoms. The predicted molar refractivity (Wildman–Crippen MR) is 57.8 cm³/mol. The van der Waals surface area contributed by atoms with Crippen molar-refractivity contribution in [3.8, 4) is 0 Å². The molecule has 84 valence electrons. The molecule has 1 atom stereocenters. The SMILES string of the molecule is CC(C)NC(C)Cc1cc(F)ccc1F. The molecule has 0 aromatic heterocycles. The second kappa shape index (κ2) is 5.21. The van der Waals surface area contributed by atoms with E-state index in [2.05, 4.69) is 5.32 Å². The van der Waals surface area contributed by atoms with E-state index in [4.69, 9.17) is 0 Å². The van der Waals surface area contributed by atoms with Gasteiger partial charge in [0.2, 0.25) is 0 Å². The summed E-state index contributed by atoms with van der Waals surface area (Å²) in [6.07, 6.45) is 0.502. The molecule has 1 rings (SSSR count). The van der Waals surface area contributed by atoms with E-state index >= 15 is 0 Å². The van der Waals surface area contributed by atoms with Gasteiger partial charge in [-0.25, -0.2) is 8.78 Å². The third kappa shape index (κ3) is 3.96. The number of rotatable bonds is 4. The fraction of sp³-hybridized carbons (Fsp3) is 0.500. The Morgan fingerprint density at radius 3 is 2.47 bits per heavy atom. The Labute approximate surface area is 89.5 Å². The number of hydrogen-bond acceptors (Lipinski definition) is 1. The first-order valence-corrected chi connectivity index (χ1v) is 5.19. The lowest BCUT2D eigenvalue weighted by atomic mass is 10.1. The van der Waals surface area contributed by atoms with Gasteiger partial charge in [0.05, 0.1) is 0 Å². The van der Waals surface area contributed by atoms with E-state index in [9.17, 15) is 8.78 Å².